The molecule has 2 N–H and O–H groups in total. The van der Waals surface area contributed by atoms with E-state index in [4.69, 9.17) is 9.94 Å². The van der Waals surface area contributed by atoms with Crippen molar-refractivity contribution >= 4 is 12.4 Å². The van der Waals surface area contributed by atoms with Gasteiger partial charge in [-0.25, -0.2) is 4.79 Å². The zero-order chi connectivity index (χ0) is 11.0. The van der Waals surface area contributed by atoms with Crippen LogP contribution in [0.15, 0.2) is 0 Å². The molecule has 0 rings (SSSR count). The number of nitrogens with one attached hydrogen (secondary N) is 1. The second-order valence-corrected chi connectivity index (χ2v) is 2.88. The first-order valence-electron chi connectivity index (χ1n) is 4.28. The number of carboxylic acid groups (broad SMARTS) is 1. The largest absolute Gasteiger partial charge is 0.465 e. The molecule has 0 aromatic heterocycles. The molecular formula is C8H16N2O4. The second-order valence-electron chi connectivity index (χ2n) is 2.88. The molecule has 0 heterocycles. The summed E-state index contributed by atoms with van der Waals surface area (Å²) >= 11 is 0. The Hall–Kier alpha value is -1.14. The molecule has 0 aliphatic heterocycles. The van der Waals surface area contributed by atoms with Crippen molar-refractivity contribution in [2.24, 2.45) is 0 Å². The van der Waals surface area contributed by atoms with Gasteiger partial charge in [0.2, 0.25) is 0 Å². The molecule has 0 aliphatic rings. The van der Waals surface area contributed by atoms with Crippen LogP contribution in [-0.4, -0.2) is 49.3 Å². The Morgan fingerprint density at radius 3 is 2.79 bits per heavy atom. The van der Waals surface area contributed by atoms with Gasteiger partial charge in [0.1, 0.15) is 6.29 Å². The lowest BCUT2D eigenvalue weighted by molar-refractivity contribution is -0.115. The van der Waals surface area contributed by atoms with Crippen LogP contribution < -0.4 is 5.32 Å². The Kier molecular flexibility index (Phi) is 6.69. The van der Waals surface area contributed by atoms with E-state index in [9.17, 15) is 9.59 Å². The van der Waals surface area contributed by atoms with Gasteiger partial charge in [0.25, 0.3) is 0 Å². The number of likely N-dealkylation sites (N-methyl/N-ethyl adjacent to an activating group) is 1. The fourth-order valence-corrected chi connectivity index (χ4v) is 1.04. The topological polar surface area (TPSA) is 78.9 Å². The van der Waals surface area contributed by atoms with Crippen LogP contribution in [0.25, 0.3) is 0 Å². The number of nitrogens with zero attached hydrogens (tertiary/aromatic N) is 1. The minimum Gasteiger partial charge on any atom is -0.465 e. The number of hydroxylamine groups is 2. The quantitative estimate of drug-likeness (QED) is 0.454. The third-order valence-corrected chi connectivity index (χ3v) is 1.75. The third kappa shape index (κ3) is 6.38. The minimum absolute atomic E-state index is 0.289. The summed E-state index contributed by atoms with van der Waals surface area (Å²) in [4.78, 5) is 25.4. The predicted molar refractivity (Wildman–Crippen MR) is 49.9 cm³/mol. The van der Waals surface area contributed by atoms with Gasteiger partial charge in [-0.2, -0.15) is 5.06 Å². The standard InChI is InChI=1S/C8H16N2O4/c1-10(14-2)6-7(4-3-5-11)9-8(12)13/h5,7,9H,3-4,6H2,1-2H3,(H,12,13). The highest BCUT2D eigenvalue weighted by atomic mass is 16.7. The first-order chi connectivity index (χ1) is 6.60. The lowest BCUT2D eigenvalue weighted by Gasteiger charge is -2.21. The zero-order valence-electron chi connectivity index (χ0n) is 8.40. The molecule has 82 valence electrons. The summed E-state index contributed by atoms with van der Waals surface area (Å²) in [6.45, 7) is 0.413. The Bertz CT molecular complexity index is 186. The maximum atomic E-state index is 10.4. The number of aldehydes is 1. The maximum absolute atomic E-state index is 10.4. The van der Waals surface area contributed by atoms with Crippen LogP contribution in [0.1, 0.15) is 12.8 Å². The molecule has 14 heavy (non-hydrogen) atoms. The van der Waals surface area contributed by atoms with Crippen LogP contribution in [0.2, 0.25) is 0 Å². The molecule has 6 nitrogen and oxygen atoms in total. The zero-order valence-corrected chi connectivity index (χ0v) is 8.40. The Morgan fingerprint density at radius 1 is 1.71 bits per heavy atom. The van der Waals surface area contributed by atoms with Gasteiger partial charge in [-0.1, -0.05) is 0 Å². The molecule has 0 bridgehead atoms. The van der Waals surface area contributed by atoms with E-state index >= 15 is 0 Å². The van der Waals surface area contributed by atoms with Crippen LogP contribution >= 0.6 is 0 Å². The summed E-state index contributed by atoms with van der Waals surface area (Å²) in [5, 5.41) is 12.3. The third-order valence-electron chi connectivity index (χ3n) is 1.75. The summed E-state index contributed by atoms with van der Waals surface area (Å²) in [7, 11) is 3.19. The molecule has 1 unspecified atom stereocenters. The number of hydrogen-bond acceptors (Lipinski definition) is 4. The average Bonchev–Trinajstić information content (AvgIpc) is 2.13. The molecule has 0 saturated heterocycles. The van der Waals surface area contributed by atoms with Crippen molar-refractivity contribution in [2.75, 3.05) is 20.7 Å². The molecule has 0 aromatic rings. The average molecular weight is 204 g/mol. The minimum atomic E-state index is -1.09. The van der Waals surface area contributed by atoms with E-state index in [1.807, 2.05) is 0 Å². The number of hydrogen-bond donors (Lipinski definition) is 2. The van der Waals surface area contributed by atoms with E-state index in [0.717, 1.165) is 6.29 Å². The number of carbonyl (C=O) groups is 2. The van der Waals surface area contributed by atoms with Gasteiger partial charge in [0, 0.05) is 26.1 Å². The number of rotatable bonds is 7. The van der Waals surface area contributed by atoms with Gasteiger partial charge in [-0.15, -0.1) is 0 Å². The molecule has 0 saturated carbocycles. The fraction of sp³-hybridized carbons (Fsp3) is 0.750. The van der Waals surface area contributed by atoms with Crippen molar-refractivity contribution < 1.29 is 19.5 Å². The van der Waals surface area contributed by atoms with Gasteiger partial charge >= 0.3 is 6.09 Å². The summed E-state index contributed by atoms with van der Waals surface area (Å²) in [5.41, 5.74) is 0. The van der Waals surface area contributed by atoms with Crippen LogP contribution in [-0.2, 0) is 9.63 Å². The second kappa shape index (κ2) is 7.28. The molecule has 6 heteroatoms. The van der Waals surface area contributed by atoms with Crippen molar-refractivity contribution in [1.29, 1.82) is 0 Å². The van der Waals surface area contributed by atoms with Crippen molar-refractivity contribution in [3.8, 4) is 0 Å². The fourth-order valence-electron chi connectivity index (χ4n) is 1.04. The highest BCUT2D eigenvalue weighted by Gasteiger charge is 2.13. The molecule has 1 amide bonds. The smallest absolute Gasteiger partial charge is 0.404 e. The Morgan fingerprint density at radius 2 is 2.36 bits per heavy atom. The maximum Gasteiger partial charge on any atom is 0.404 e. The number of amides is 1. The highest BCUT2D eigenvalue weighted by molar-refractivity contribution is 5.65. The first-order valence-corrected chi connectivity index (χ1v) is 4.28. The van der Waals surface area contributed by atoms with Crippen LogP contribution in [0.3, 0.4) is 0 Å². The van der Waals surface area contributed by atoms with Crippen LogP contribution in [0.5, 0.6) is 0 Å². The summed E-state index contributed by atoms with van der Waals surface area (Å²) in [6.07, 6.45) is 0.486. The van der Waals surface area contributed by atoms with Gasteiger partial charge in [0.15, 0.2) is 0 Å². The van der Waals surface area contributed by atoms with Gasteiger partial charge in [-0.3, -0.25) is 0 Å². The Balaban J connectivity index is 3.95. The van der Waals surface area contributed by atoms with E-state index in [0.29, 0.717) is 19.4 Å². The predicted octanol–water partition coefficient (Wildman–Crippen LogP) is 0.0949. The molecule has 0 fully saturated rings. The van der Waals surface area contributed by atoms with Crippen LogP contribution in [0.4, 0.5) is 4.79 Å². The van der Waals surface area contributed by atoms with Crippen molar-refractivity contribution in [1.82, 2.24) is 10.4 Å². The van der Waals surface area contributed by atoms with E-state index in [1.54, 1.807) is 7.05 Å². The van der Waals surface area contributed by atoms with Crippen molar-refractivity contribution in [3.05, 3.63) is 0 Å². The van der Waals surface area contributed by atoms with Gasteiger partial charge in [0.05, 0.1) is 7.11 Å². The molecule has 0 spiro atoms. The van der Waals surface area contributed by atoms with Gasteiger partial charge < -0.3 is 20.1 Å². The van der Waals surface area contributed by atoms with E-state index in [2.05, 4.69) is 5.32 Å². The van der Waals surface area contributed by atoms with Crippen LogP contribution in [0, 0.1) is 0 Å². The molecule has 0 aliphatic carbocycles. The molecule has 0 aromatic carbocycles. The van der Waals surface area contributed by atoms with Crippen molar-refractivity contribution in [3.63, 3.8) is 0 Å². The summed E-state index contributed by atoms with van der Waals surface area (Å²) in [5.74, 6) is 0. The monoisotopic (exact) mass is 204 g/mol. The summed E-state index contributed by atoms with van der Waals surface area (Å²) < 4.78 is 0. The lowest BCUT2D eigenvalue weighted by atomic mass is 10.1. The highest BCUT2D eigenvalue weighted by Crippen LogP contribution is 1.98. The van der Waals surface area contributed by atoms with E-state index < -0.39 is 6.09 Å². The molecular weight excluding hydrogens is 188 g/mol. The Labute approximate surface area is 82.8 Å². The molecule has 1 atom stereocenters. The number of carbonyl (C=O) groups excluding carboxylic acids is 1. The van der Waals surface area contributed by atoms with Crippen molar-refractivity contribution in [2.45, 2.75) is 18.9 Å². The molecule has 0 radical (unpaired) electrons. The normalized spacial score (nSPS) is 12.5. The lowest BCUT2D eigenvalue weighted by Crippen LogP contribution is -2.41. The summed E-state index contributed by atoms with van der Waals surface area (Å²) in [6, 6.07) is -0.289. The first kappa shape index (κ1) is 12.9. The van der Waals surface area contributed by atoms with Gasteiger partial charge in [-0.05, 0) is 6.42 Å². The van der Waals surface area contributed by atoms with E-state index in [-0.39, 0.29) is 6.04 Å². The SMILES string of the molecule is CON(C)CC(CCC=O)NC(=O)O. The van der Waals surface area contributed by atoms with E-state index in [1.165, 1.54) is 12.2 Å².